The minimum atomic E-state index is -0.461. The van der Waals surface area contributed by atoms with Crippen LogP contribution in [0.2, 0.25) is 0 Å². The first-order chi connectivity index (χ1) is 9.51. The summed E-state index contributed by atoms with van der Waals surface area (Å²) in [6, 6.07) is -0.178. The molecule has 0 bridgehead atoms. The molecule has 3 amide bonds. The molecule has 0 atom stereocenters. The first kappa shape index (κ1) is 16.7. The number of anilines is 1. The van der Waals surface area contributed by atoms with Gasteiger partial charge < -0.3 is 10.6 Å². The Bertz CT molecular complexity index is 450. The average Bonchev–Trinajstić information content (AvgIpc) is 2.80. The lowest BCUT2D eigenvalue weighted by atomic mass is 10.4. The van der Waals surface area contributed by atoms with E-state index in [-0.39, 0.29) is 17.7 Å². The average molecular weight is 317 g/mol. The third-order valence-corrected chi connectivity index (χ3v) is 3.92. The Hall–Kier alpha value is -1.35. The second kappa shape index (κ2) is 8.75. The highest BCUT2D eigenvalue weighted by atomic mass is 32.2. The standard InChI is InChI=1S/C11H19N5O2S2/c1-4-5-12-9(18)14-8(17)6-19-11-16-15-10(20-11)13-7(2)3/h7H,4-6H2,1-3H3,(H,13,15)(H2,12,14,17,18). The van der Waals surface area contributed by atoms with Crippen LogP contribution in [0, 0.1) is 0 Å². The summed E-state index contributed by atoms with van der Waals surface area (Å²) >= 11 is 2.64. The van der Waals surface area contributed by atoms with Crippen molar-refractivity contribution >= 4 is 40.2 Å². The van der Waals surface area contributed by atoms with Gasteiger partial charge in [-0.05, 0) is 20.3 Å². The van der Waals surface area contributed by atoms with Gasteiger partial charge in [0, 0.05) is 12.6 Å². The molecule has 0 radical (unpaired) electrons. The van der Waals surface area contributed by atoms with Crippen molar-refractivity contribution in [3.8, 4) is 0 Å². The number of hydrogen-bond donors (Lipinski definition) is 3. The molecule has 0 aromatic carbocycles. The van der Waals surface area contributed by atoms with Crippen LogP contribution >= 0.6 is 23.1 Å². The highest BCUT2D eigenvalue weighted by molar-refractivity contribution is 8.01. The summed E-state index contributed by atoms with van der Waals surface area (Å²) in [6.45, 7) is 6.51. The maximum atomic E-state index is 11.5. The summed E-state index contributed by atoms with van der Waals surface area (Å²) in [4.78, 5) is 22.8. The first-order valence-electron chi connectivity index (χ1n) is 6.31. The van der Waals surface area contributed by atoms with Gasteiger partial charge in [-0.3, -0.25) is 10.1 Å². The van der Waals surface area contributed by atoms with Crippen LogP contribution in [0.15, 0.2) is 4.34 Å². The van der Waals surface area contributed by atoms with Gasteiger partial charge in [0.05, 0.1) is 5.75 Å². The molecular formula is C11H19N5O2S2. The van der Waals surface area contributed by atoms with E-state index in [1.54, 1.807) is 0 Å². The van der Waals surface area contributed by atoms with Crippen LogP contribution in [0.1, 0.15) is 27.2 Å². The van der Waals surface area contributed by atoms with Gasteiger partial charge in [0.15, 0.2) is 4.34 Å². The number of carbonyl (C=O) groups is 2. The number of urea groups is 1. The fourth-order valence-corrected chi connectivity index (χ4v) is 2.84. The molecule has 112 valence electrons. The summed E-state index contributed by atoms with van der Waals surface area (Å²) < 4.78 is 0.692. The monoisotopic (exact) mass is 317 g/mol. The quantitative estimate of drug-likeness (QED) is 0.662. The Kier molecular flexibility index (Phi) is 7.31. The molecule has 9 heteroatoms. The van der Waals surface area contributed by atoms with Crippen molar-refractivity contribution in [2.24, 2.45) is 0 Å². The van der Waals surface area contributed by atoms with E-state index in [1.807, 2.05) is 20.8 Å². The summed E-state index contributed by atoms with van der Waals surface area (Å²) in [5, 5.41) is 16.6. The lowest BCUT2D eigenvalue weighted by molar-refractivity contribution is -0.117. The highest BCUT2D eigenvalue weighted by Gasteiger charge is 2.10. The molecule has 0 fully saturated rings. The number of hydrogen-bond acceptors (Lipinski definition) is 7. The molecule has 0 spiro atoms. The molecular weight excluding hydrogens is 298 g/mol. The molecule has 0 unspecified atom stereocenters. The topological polar surface area (TPSA) is 96.0 Å². The SMILES string of the molecule is CCCNC(=O)NC(=O)CSc1nnc(NC(C)C)s1. The molecule has 0 aliphatic rings. The van der Waals surface area contributed by atoms with Gasteiger partial charge in [0.2, 0.25) is 11.0 Å². The van der Waals surface area contributed by atoms with Gasteiger partial charge >= 0.3 is 6.03 Å². The second-order valence-corrected chi connectivity index (χ2v) is 6.46. The Labute approximate surface area is 126 Å². The molecule has 1 aromatic heterocycles. The van der Waals surface area contributed by atoms with Crippen molar-refractivity contribution in [1.29, 1.82) is 0 Å². The van der Waals surface area contributed by atoms with E-state index >= 15 is 0 Å². The fourth-order valence-electron chi connectivity index (χ4n) is 1.15. The van der Waals surface area contributed by atoms with Crippen molar-refractivity contribution < 1.29 is 9.59 Å². The maximum Gasteiger partial charge on any atom is 0.321 e. The number of amides is 3. The number of thioether (sulfide) groups is 1. The Morgan fingerprint density at radius 1 is 1.35 bits per heavy atom. The molecule has 1 heterocycles. The van der Waals surface area contributed by atoms with E-state index in [0.717, 1.165) is 11.6 Å². The van der Waals surface area contributed by atoms with E-state index in [9.17, 15) is 9.59 Å². The van der Waals surface area contributed by atoms with Crippen molar-refractivity contribution in [3.63, 3.8) is 0 Å². The number of nitrogens with zero attached hydrogens (tertiary/aromatic N) is 2. The number of aromatic nitrogens is 2. The lowest BCUT2D eigenvalue weighted by Gasteiger charge is -2.04. The number of carbonyl (C=O) groups excluding carboxylic acids is 2. The maximum absolute atomic E-state index is 11.5. The zero-order chi connectivity index (χ0) is 15.0. The van der Waals surface area contributed by atoms with Gasteiger partial charge in [0.25, 0.3) is 0 Å². The van der Waals surface area contributed by atoms with Crippen LogP contribution in [0.4, 0.5) is 9.93 Å². The summed E-state index contributed by atoms with van der Waals surface area (Å²) in [5.41, 5.74) is 0. The predicted octanol–water partition coefficient (Wildman–Crippen LogP) is 1.69. The lowest BCUT2D eigenvalue weighted by Crippen LogP contribution is -2.40. The molecule has 20 heavy (non-hydrogen) atoms. The smallest absolute Gasteiger partial charge is 0.321 e. The van der Waals surface area contributed by atoms with Gasteiger partial charge in [-0.25, -0.2) is 4.79 Å². The van der Waals surface area contributed by atoms with Crippen molar-refractivity contribution in [3.05, 3.63) is 0 Å². The first-order valence-corrected chi connectivity index (χ1v) is 8.12. The molecule has 0 saturated heterocycles. The van der Waals surface area contributed by atoms with E-state index in [0.29, 0.717) is 10.9 Å². The molecule has 0 saturated carbocycles. The Morgan fingerprint density at radius 2 is 2.10 bits per heavy atom. The van der Waals surface area contributed by atoms with Gasteiger partial charge in [0.1, 0.15) is 0 Å². The summed E-state index contributed by atoms with van der Waals surface area (Å²) in [5.74, 6) is -0.215. The minimum absolute atomic E-state index is 0.135. The third kappa shape index (κ3) is 6.71. The van der Waals surface area contributed by atoms with Crippen LogP contribution in [0.3, 0.4) is 0 Å². The van der Waals surface area contributed by atoms with Crippen LogP contribution in [0.25, 0.3) is 0 Å². The van der Waals surface area contributed by atoms with Crippen molar-refractivity contribution in [1.82, 2.24) is 20.8 Å². The predicted molar refractivity (Wildman–Crippen MR) is 81.2 cm³/mol. The van der Waals surface area contributed by atoms with Crippen molar-refractivity contribution in [2.75, 3.05) is 17.6 Å². The molecule has 3 N–H and O–H groups in total. The Balaban J connectivity index is 2.30. The molecule has 7 nitrogen and oxygen atoms in total. The number of nitrogens with one attached hydrogen (secondary N) is 3. The van der Waals surface area contributed by atoms with E-state index in [4.69, 9.17) is 0 Å². The van der Waals surface area contributed by atoms with E-state index in [1.165, 1.54) is 23.1 Å². The van der Waals surface area contributed by atoms with Crippen LogP contribution < -0.4 is 16.0 Å². The molecule has 0 aliphatic carbocycles. The van der Waals surface area contributed by atoms with E-state index < -0.39 is 6.03 Å². The van der Waals surface area contributed by atoms with Gasteiger partial charge in [-0.1, -0.05) is 30.0 Å². The molecule has 0 aliphatic heterocycles. The fraction of sp³-hybridized carbons (Fsp3) is 0.636. The molecule has 1 rings (SSSR count). The van der Waals surface area contributed by atoms with Crippen molar-refractivity contribution in [2.45, 2.75) is 37.6 Å². The van der Waals surface area contributed by atoms with Gasteiger partial charge in [-0.15, -0.1) is 10.2 Å². The van der Waals surface area contributed by atoms with E-state index in [2.05, 4.69) is 26.1 Å². The van der Waals surface area contributed by atoms with Gasteiger partial charge in [-0.2, -0.15) is 0 Å². The third-order valence-electron chi connectivity index (χ3n) is 1.93. The van der Waals surface area contributed by atoms with Crippen LogP contribution in [-0.2, 0) is 4.79 Å². The minimum Gasteiger partial charge on any atom is -0.358 e. The number of rotatable bonds is 7. The Morgan fingerprint density at radius 3 is 2.75 bits per heavy atom. The second-order valence-electron chi connectivity index (χ2n) is 4.26. The zero-order valence-electron chi connectivity index (χ0n) is 11.7. The largest absolute Gasteiger partial charge is 0.358 e. The normalized spacial score (nSPS) is 10.4. The zero-order valence-corrected chi connectivity index (χ0v) is 13.4. The highest BCUT2D eigenvalue weighted by Crippen LogP contribution is 2.25. The number of imide groups is 1. The molecule has 1 aromatic rings. The van der Waals surface area contributed by atoms with Crippen LogP contribution in [0.5, 0.6) is 0 Å². The summed E-state index contributed by atoms with van der Waals surface area (Å²) in [6.07, 6.45) is 0.826. The van der Waals surface area contributed by atoms with Crippen LogP contribution in [-0.4, -0.2) is 40.5 Å². The summed E-state index contributed by atoms with van der Waals surface area (Å²) in [7, 11) is 0.